The van der Waals surface area contributed by atoms with Gasteiger partial charge in [0.15, 0.2) is 5.78 Å². The van der Waals surface area contributed by atoms with Gasteiger partial charge in [-0.25, -0.2) is 0 Å². The van der Waals surface area contributed by atoms with E-state index >= 15 is 0 Å². The van der Waals surface area contributed by atoms with Crippen molar-refractivity contribution in [3.05, 3.63) is 27.7 Å². The number of benzene rings is 1. The lowest BCUT2D eigenvalue weighted by atomic mass is 10.00. The second kappa shape index (κ2) is 5.91. The third-order valence-corrected chi connectivity index (χ3v) is 3.59. The Kier molecular flexibility index (Phi) is 4.49. The largest absolute Gasteiger partial charge is 0.495 e. The van der Waals surface area contributed by atoms with E-state index in [1.807, 2.05) is 0 Å². The van der Waals surface area contributed by atoms with Crippen molar-refractivity contribution >= 4 is 29.0 Å². The van der Waals surface area contributed by atoms with Gasteiger partial charge in [0, 0.05) is 18.2 Å². The third kappa shape index (κ3) is 2.79. The second-order valence-electron chi connectivity index (χ2n) is 4.19. The summed E-state index contributed by atoms with van der Waals surface area (Å²) < 4.78 is 10.5. The molecule has 0 N–H and O–H groups in total. The van der Waals surface area contributed by atoms with Gasteiger partial charge in [0.2, 0.25) is 0 Å². The Hall–Kier alpha value is -0.770. The van der Waals surface area contributed by atoms with Crippen molar-refractivity contribution in [3.63, 3.8) is 0 Å². The molecule has 0 saturated carbocycles. The molecule has 1 heterocycles. The van der Waals surface area contributed by atoms with E-state index < -0.39 is 6.10 Å². The van der Waals surface area contributed by atoms with Crippen molar-refractivity contribution in [1.29, 1.82) is 0 Å². The SMILES string of the molecule is COc1cc(Cl)c(C(=O)C2CCCCO2)cc1Cl. The molecule has 0 spiro atoms. The minimum atomic E-state index is -0.402. The molecule has 5 heteroatoms. The third-order valence-electron chi connectivity index (χ3n) is 2.98. The summed E-state index contributed by atoms with van der Waals surface area (Å²) in [7, 11) is 1.50. The van der Waals surface area contributed by atoms with Crippen LogP contribution in [-0.4, -0.2) is 25.6 Å². The van der Waals surface area contributed by atoms with Gasteiger partial charge in [-0.3, -0.25) is 4.79 Å². The van der Waals surface area contributed by atoms with Crippen LogP contribution in [0.25, 0.3) is 0 Å². The van der Waals surface area contributed by atoms with E-state index in [2.05, 4.69) is 0 Å². The van der Waals surface area contributed by atoms with Crippen LogP contribution in [0.4, 0.5) is 0 Å². The Morgan fingerprint density at radius 3 is 2.72 bits per heavy atom. The summed E-state index contributed by atoms with van der Waals surface area (Å²) in [5.74, 6) is 0.354. The predicted molar refractivity (Wildman–Crippen MR) is 70.9 cm³/mol. The number of carbonyl (C=O) groups is 1. The summed E-state index contributed by atoms with van der Waals surface area (Å²) in [4.78, 5) is 12.3. The highest BCUT2D eigenvalue weighted by Gasteiger charge is 2.25. The van der Waals surface area contributed by atoms with E-state index in [0.29, 0.717) is 28.0 Å². The average molecular weight is 289 g/mol. The summed E-state index contributed by atoms with van der Waals surface area (Å²) >= 11 is 12.1. The highest BCUT2D eigenvalue weighted by Crippen LogP contribution is 2.32. The zero-order chi connectivity index (χ0) is 13.1. The van der Waals surface area contributed by atoms with Gasteiger partial charge in [0.25, 0.3) is 0 Å². The topological polar surface area (TPSA) is 35.5 Å². The molecular formula is C13H14Cl2O3. The van der Waals surface area contributed by atoms with Gasteiger partial charge >= 0.3 is 0 Å². The molecule has 98 valence electrons. The number of Topliss-reactive ketones (excluding diaryl/α,β-unsaturated/α-hetero) is 1. The van der Waals surface area contributed by atoms with Gasteiger partial charge in [-0.05, 0) is 25.3 Å². The van der Waals surface area contributed by atoms with Crippen molar-refractivity contribution in [2.24, 2.45) is 0 Å². The maximum absolute atomic E-state index is 12.3. The van der Waals surface area contributed by atoms with Crippen LogP contribution in [0.5, 0.6) is 5.75 Å². The van der Waals surface area contributed by atoms with Crippen molar-refractivity contribution in [1.82, 2.24) is 0 Å². The van der Waals surface area contributed by atoms with E-state index in [9.17, 15) is 4.79 Å². The van der Waals surface area contributed by atoms with Gasteiger partial charge in [-0.15, -0.1) is 0 Å². The Morgan fingerprint density at radius 2 is 2.11 bits per heavy atom. The number of hydrogen-bond acceptors (Lipinski definition) is 3. The number of methoxy groups -OCH3 is 1. The summed E-state index contributed by atoms with van der Waals surface area (Å²) in [6.45, 7) is 0.623. The molecule has 0 aromatic heterocycles. The average Bonchev–Trinajstić information content (AvgIpc) is 2.41. The van der Waals surface area contributed by atoms with Crippen LogP contribution >= 0.6 is 23.2 Å². The molecule has 3 nitrogen and oxygen atoms in total. The summed E-state index contributed by atoms with van der Waals surface area (Å²) in [6, 6.07) is 3.10. The summed E-state index contributed by atoms with van der Waals surface area (Å²) in [5.41, 5.74) is 0.398. The smallest absolute Gasteiger partial charge is 0.193 e. The van der Waals surface area contributed by atoms with Crippen LogP contribution in [0.2, 0.25) is 10.0 Å². The molecule has 2 rings (SSSR count). The first-order valence-corrected chi connectivity index (χ1v) is 6.58. The minimum Gasteiger partial charge on any atom is -0.495 e. The number of halogens is 2. The highest BCUT2D eigenvalue weighted by atomic mass is 35.5. The summed E-state index contributed by atoms with van der Waals surface area (Å²) in [6.07, 6.45) is 2.33. The lowest BCUT2D eigenvalue weighted by Gasteiger charge is -2.22. The van der Waals surface area contributed by atoms with Crippen molar-refractivity contribution < 1.29 is 14.3 Å². The van der Waals surface area contributed by atoms with E-state index in [1.165, 1.54) is 7.11 Å². The molecular weight excluding hydrogens is 275 g/mol. The molecule has 1 aromatic carbocycles. The maximum Gasteiger partial charge on any atom is 0.193 e. The molecule has 0 amide bonds. The van der Waals surface area contributed by atoms with E-state index in [4.69, 9.17) is 32.7 Å². The zero-order valence-electron chi connectivity index (χ0n) is 10.0. The fourth-order valence-corrected chi connectivity index (χ4v) is 2.48. The quantitative estimate of drug-likeness (QED) is 0.795. The van der Waals surface area contributed by atoms with Crippen LogP contribution < -0.4 is 4.74 Å². The van der Waals surface area contributed by atoms with Crippen LogP contribution in [0, 0.1) is 0 Å². The van der Waals surface area contributed by atoms with Gasteiger partial charge in [0.1, 0.15) is 11.9 Å². The molecule has 1 aromatic rings. The molecule has 1 aliphatic rings. The Morgan fingerprint density at radius 1 is 1.33 bits per heavy atom. The monoisotopic (exact) mass is 288 g/mol. The number of ether oxygens (including phenoxy) is 2. The maximum atomic E-state index is 12.3. The standard InChI is InChI=1S/C13H14Cl2O3/c1-17-12-7-9(14)8(6-10(12)15)13(16)11-4-2-3-5-18-11/h6-7,11H,2-5H2,1H3. The Labute approximate surface area is 116 Å². The van der Waals surface area contributed by atoms with E-state index in [0.717, 1.165) is 19.3 Å². The lowest BCUT2D eigenvalue weighted by Crippen LogP contribution is -2.28. The zero-order valence-corrected chi connectivity index (χ0v) is 11.6. The van der Waals surface area contributed by atoms with Crippen LogP contribution in [0.3, 0.4) is 0 Å². The van der Waals surface area contributed by atoms with Crippen LogP contribution in [0.15, 0.2) is 12.1 Å². The minimum absolute atomic E-state index is 0.107. The Bertz CT molecular complexity index is 454. The first-order chi connectivity index (χ1) is 8.63. The molecule has 1 fully saturated rings. The van der Waals surface area contributed by atoms with Gasteiger partial charge in [0.05, 0.1) is 17.2 Å². The van der Waals surface area contributed by atoms with E-state index in [1.54, 1.807) is 12.1 Å². The first kappa shape index (κ1) is 13.7. The van der Waals surface area contributed by atoms with Gasteiger partial charge in [-0.1, -0.05) is 23.2 Å². The normalized spacial score (nSPS) is 19.6. The molecule has 0 bridgehead atoms. The molecule has 1 unspecified atom stereocenters. The van der Waals surface area contributed by atoms with E-state index in [-0.39, 0.29) is 5.78 Å². The molecule has 0 radical (unpaired) electrons. The fraction of sp³-hybridized carbons (Fsp3) is 0.462. The molecule has 0 aliphatic carbocycles. The molecule has 1 saturated heterocycles. The number of carbonyl (C=O) groups excluding carboxylic acids is 1. The first-order valence-electron chi connectivity index (χ1n) is 5.82. The van der Waals surface area contributed by atoms with Gasteiger partial charge < -0.3 is 9.47 Å². The molecule has 1 aliphatic heterocycles. The fourth-order valence-electron chi connectivity index (χ4n) is 1.99. The van der Waals surface area contributed by atoms with Gasteiger partial charge in [-0.2, -0.15) is 0 Å². The number of ketones is 1. The van der Waals surface area contributed by atoms with Crippen LogP contribution in [-0.2, 0) is 4.74 Å². The molecule has 18 heavy (non-hydrogen) atoms. The number of rotatable bonds is 3. The van der Waals surface area contributed by atoms with Crippen LogP contribution in [0.1, 0.15) is 29.6 Å². The predicted octanol–water partition coefficient (Wildman–Crippen LogP) is 3.75. The highest BCUT2D eigenvalue weighted by molar-refractivity contribution is 6.37. The summed E-state index contributed by atoms with van der Waals surface area (Å²) in [5, 5.41) is 0.719. The lowest BCUT2D eigenvalue weighted by molar-refractivity contribution is 0.0186. The number of hydrogen-bond donors (Lipinski definition) is 0. The van der Waals surface area contributed by atoms with Crippen molar-refractivity contribution in [2.75, 3.05) is 13.7 Å². The Balaban J connectivity index is 2.27. The van der Waals surface area contributed by atoms with Crippen molar-refractivity contribution in [3.8, 4) is 5.75 Å². The second-order valence-corrected chi connectivity index (χ2v) is 5.00. The molecule has 1 atom stereocenters. The van der Waals surface area contributed by atoms with Crippen molar-refractivity contribution in [2.45, 2.75) is 25.4 Å².